The van der Waals surface area contributed by atoms with Gasteiger partial charge in [0.2, 0.25) is 10.0 Å². The van der Waals surface area contributed by atoms with Crippen LogP contribution in [0.5, 0.6) is 0 Å². The third kappa shape index (κ3) is 2.97. The molecule has 0 amide bonds. The molecule has 10 heteroatoms. The minimum atomic E-state index is -4.10. The number of benzene rings is 1. The van der Waals surface area contributed by atoms with Crippen molar-refractivity contribution in [2.75, 3.05) is 0 Å². The molecule has 1 heterocycles. The highest BCUT2D eigenvalue weighted by molar-refractivity contribution is 7.89. The van der Waals surface area contributed by atoms with Gasteiger partial charge in [0.15, 0.2) is 0 Å². The molecule has 20 heavy (non-hydrogen) atoms. The van der Waals surface area contributed by atoms with Crippen molar-refractivity contribution in [2.24, 2.45) is 0 Å². The fourth-order valence-corrected chi connectivity index (χ4v) is 2.52. The molecule has 106 valence electrons. The molecule has 0 aliphatic rings. The molecule has 1 aromatic carbocycles. The van der Waals surface area contributed by atoms with Gasteiger partial charge in [-0.2, -0.15) is 5.10 Å². The Hall–Kier alpha value is -2.33. The van der Waals surface area contributed by atoms with E-state index in [0.29, 0.717) is 11.8 Å². The minimum Gasteiger partial charge on any atom is -0.281 e. The molecule has 8 nitrogen and oxygen atoms in total. The topological polar surface area (TPSA) is 118 Å². The zero-order valence-electron chi connectivity index (χ0n) is 9.91. The first-order valence-corrected chi connectivity index (χ1v) is 6.80. The van der Waals surface area contributed by atoms with Crippen LogP contribution in [0.4, 0.5) is 10.1 Å². The van der Waals surface area contributed by atoms with Crippen molar-refractivity contribution in [3.8, 4) is 0 Å². The van der Waals surface area contributed by atoms with Crippen LogP contribution in [0.3, 0.4) is 0 Å². The summed E-state index contributed by atoms with van der Waals surface area (Å²) >= 11 is 0. The smallest absolute Gasteiger partial charge is 0.272 e. The fraction of sp³-hybridized carbons (Fsp3) is 0.100. The third-order valence-electron chi connectivity index (χ3n) is 2.43. The Morgan fingerprint density at radius 3 is 2.70 bits per heavy atom. The van der Waals surface area contributed by atoms with Gasteiger partial charge >= 0.3 is 0 Å². The molecular formula is C10H9FN4O4S. The lowest BCUT2D eigenvalue weighted by atomic mass is 10.3. The number of sulfonamides is 1. The summed E-state index contributed by atoms with van der Waals surface area (Å²) in [4.78, 5) is 9.00. The third-order valence-corrected chi connectivity index (χ3v) is 3.86. The van der Waals surface area contributed by atoms with Crippen LogP contribution in [0.25, 0.3) is 0 Å². The van der Waals surface area contributed by atoms with Gasteiger partial charge in [-0.15, -0.1) is 0 Å². The van der Waals surface area contributed by atoms with Crippen LogP contribution in [0.15, 0.2) is 35.4 Å². The number of aromatic amines is 1. The van der Waals surface area contributed by atoms with Gasteiger partial charge in [-0.1, -0.05) is 0 Å². The highest BCUT2D eigenvalue weighted by atomic mass is 32.2. The van der Waals surface area contributed by atoms with E-state index in [0.717, 1.165) is 12.1 Å². The second kappa shape index (κ2) is 5.35. The normalized spacial score (nSPS) is 11.4. The Bertz CT molecular complexity index is 730. The molecule has 1 aromatic heterocycles. The lowest BCUT2D eigenvalue weighted by molar-refractivity contribution is -0.385. The number of nitro benzene ring substituents is 1. The Labute approximate surface area is 112 Å². The van der Waals surface area contributed by atoms with Gasteiger partial charge in [0, 0.05) is 12.3 Å². The Kier molecular flexibility index (Phi) is 3.77. The first kappa shape index (κ1) is 14.1. The molecule has 0 spiro atoms. The Morgan fingerprint density at radius 1 is 1.40 bits per heavy atom. The highest BCUT2D eigenvalue weighted by Gasteiger charge is 2.21. The molecule has 0 aliphatic carbocycles. The second-order valence-electron chi connectivity index (χ2n) is 3.78. The molecule has 0 atom stereocenters. The van der Waals surface area contributed by atoms with Gasteiger partial charge in [0.05, 0.1) is 23.2 Å². The highest BCUT2D eigenvalue weighted by Crippen LogP contribution is 2.20. The van der Waals surface area contributed by atoms with Crippen molar-refractivity contribution in [3.63, 3.8) is 0 Å². The lowest BCUT2D eigenvalue weighted by Gasteiger charge is -2.06. The number of rotatable bonds is 5. The molecular weight excluding hydrogens is 291 g/mol. The molecule has 0 saturated carbocycles. The fourth-order valence-electron chi connectivity index (χ4n) is 1.45. The number of H-pyrrole nitrogens is 1. The summed E-state index contributed by atoms with van der Waals surface area (Å²) in [6.45, 7) is -0.0985. The number of halogens is 1. The Balaban J connectivity index is 2.23. The van der Waals surface area contributed by atoms with Crippen LogP contribution in [0.2, 0.25) is 0 Å². The van der Waals surface area contributed by atoms with Gasteiger partial charge in [-0.05, 0) is 12.1 Å². The van der Waals surface area contributed by atoms with Crippen molar-refractivity contribution in [1.29, 1.82) is 0 Å². The zero-order chi connectivity index (χ0) is 14.8. The molecule has 2 rings (SSSR count). The summed E-state index contributed by atoms with van der Waals surface area (Å²) in [5.41, 5.74) is -0.0223. The number of nitro groups is 1. The van der Waals surface area contributed by atoms with Crippen molar-refractivity contribution in [3.05, 3.63) is 52.1 Å². The minimum absolute atomic E-state index is 0.0985. The van der Waals surface area contributed by atoms with Gasteiger partial charge in [-0.3, -0.25) is 15.2 Å². The van der Waals surface area contributed by atoms with Crippen LogP contribution >= 0.6 is 0 Å². The van der Waals surface area contributed by atoms with E-state index in [-0.39, 0.29) is 6.54 Å². The number of aromatic nitrogens is 2. The van der Waals surface area contributed by atoms with Crippen molar-refractivity contribution in [2.45, 2.75) is 11.4 Å². The quantitative estimate of drug-likeness (QED) is 0.629. The van der Waals surface area contributed by atoms with Crippen LogP contribution in [0, 0.1) is 15.9 Å². The second-order valence-corrected chi connectivity index (χ2v) is 5.51. The van der Waals surface area contributed by atoms with Gasteiger partial charge in [0.25, 0.3) is 5.69 Å². The van der Waals surface area contributed by atoms with E-state index in [9.17, 15) is 22.9 Å². The van der Waals surface area contributed by atoms with E-state index in [1.807, 2.05) is 0 Å². The summed E-state index contributed by atoms with van der Waals surface area (Å²) in [7, 11) is -4.10. The molecule has 2 aromatic rings. The standard InChI is InChI=1S/C10H9FN4O4S/c11-9-5-8(15(16)17)1-2-10(9)20(18,19)13-6-7-3-4-12-14-7/h1-5,13H,6H2,(H,12,14). The summed E-state index contributed by atoms with van der Waals surface area (Å²) in [5, 5.41) is 16.6. The summed E-state index contributed by atoms with van der Waals surface area (Å²) in [6.07, 6.45) is 1.44. The van der Waals surface area contributed by atoms with Crippen LogP contribution in [-0.2, 0) is 16.6 Å². The molecule has 0 fully saturated rings. The van der Waals surface area contributed by atoms with Crippen LogP contribution in [-0.4, -0.2) is 23.5 Å². The monoisotopic (exact) mass is 300 g/mol. The van der Waals surface area contributed by atoms with E-state index in [2.05, 4.69) is 14.9 Å². The number of nitrogens with zero attached hydrogens (tertiary/aromatic N) is 2. The van der Waals surface area contributed by atoms with E-state index in [1.165, 1.54) is 6.20 Å². The maximum Gasteiger partial charge on any atom is 0.272 e. The molecule has 0 bridgehead atoms. The summed E-state index contributed by atoms with van der Waals surface area (Å²) in [5.74, 6) is -1.18. The molecule has 0 unspecified atom stereocenters. The van der Waals surface area contributed by atoms with Crippen molar-refractivity contribution >= 4 is 15.7 Å². The van der Waals surface area contributed by atoms with E-state index in [1.54, 1.807) is 6.07 Å². The molecule has 2 N–H and O–H groups in total. The van der Waals surface area contributed by atoms with Crippen LogP contribution < -0.4 is 4.72 Å². The van der Waals surface area contributed by atoms with Gasteiger partial charge in [0.1, 0.15) is 10.7 Å². The SMILES string of the molecule is O=[N+]([O-])c1ccc(S(=O)(=O)NCc2ccn[nH]2)c(F)c1. The van der Waals surface area contributed by atoms with Crippen LogP contribution in [0.1, 0.15) is 5.69 Å². The number of nitrogens with one attached hydrogen (secondary N) is 2. The maximum absolute atomic E-state index is 13.6. The molecule has 0 saturated heterocycles. The largest absolute Gasteiger partial charge is 0.281 e. The molecule has 0 aliphatic heterocycles. The predicted molar refractivity (Wildman–Crippen MR) is 65.7 cm³/mol. The van der Waals surface area contributed by atoms with E-state index in [4.69, 9.17) is 0 Å². The number of hydrogen-bond donors (Lipinski definition) is 2. The number of hydrogen-bond acceptors (Lipinski definition) is 5. The predicted octanol–water partition coefficient (Wildman–Crippen LogP) is 0.935. The van der Waals surface area contributed by atoms with Gasteiger partial charge in [-0.25, -0.2) is 17.5 Å². The lowest BCUT2D eigenvalue weighted by Crippen LogP contribution is -2.24. The number of non-ortho nitro benzene ring substituents is 1. The average Bonchev–Trinajstić information content (AvgIpc) is 2.89. The Morgan fingerprint density at radius 2 is 2.15 bits per heavy atom. The van der Waals surface area contributed by atoms with E-state index < -0.39 is 31.3 Å². The molecule has 0 radical (unpaired) electrons. The summed E-state index contributed by atoms with van der Waals surface area (Å²) in [6, 6.07) is 3.88. The average molecular weight is 300 g/mol. The van der Waals surface area contributed by atoms with Crippen molar-refractivity contribution < 1.29 is 17.7 Å². The zero-order valence-corrected chi connectivity index (χ0v) is 10.7. The maximum atomic E-state index is 13.6. The van der Waals surface area contributed by atoms with Gasteiger partial charge < -0.3 is 0 Å². The van der Waals surface area contributed by atoms with E-state index >= 15 is 0 Å². The summed E-state index contributed by atoms with van der Waals surface area (Å²) < 4.78 is 39.5. The first-order chi connectivity index (χ1) is 9.40. The van der Waals surface area contributed by atoms with Crippen molar-refractivity contribution in [1.82, 2.24) is 14.9 Å². The first-order valence-electron chi connectivity index (χ1n) is 5.32.